The molecule has 1 aromatic heterocycles. The SMILES string of the molecule is Cc1nn(C2CCNC2)c(C)c1CCO. The third-order valence-electron chi connectivity index (χ3n) is 3.22. The Morgan fingerprint density at radius 1 is 1.53 bits per heavy atom. The molecule has 1 saturated heterocycles. The molecule has 4 nitrogen and oxygen atoms in total. The Hall–Kier alpha value is -0.870. The number of aliphatic hydroxyl groups is 1. The van der Waals surface area contributed by atoms with Crippen LogP contribution in [0.1, 0.15) is 29.4 Å². The van der Waals surface area contributed by atoms with E-state index in [0.717, 1.165) is 31.6 Å². The van der Waals surface area contributed by atoms with Crippen molar-refractivity contribution in [2.75, 3.05) is 19.7 Å². The number of hydrogen-bond acceptors (Lipinski definition) is 3. The zero-order valence-corrected chi connectivity index (χ0v) is 9.45. The number of nitrogens with one attached hydrogen (secondary N) is 1. The molecule has 0 aromatic carbocycles. The molecule has 1 aliphatic rings. The highest BCUT2D eigenvalue weighted by atomic mass is 16.2. The maximum Gasteiger partial charge on any atom is 0.0658 e. The monoisotopic (exact) mass is 209 g/mol. The van der Waals surface area contributed by atoms with Crippen molar-refractivity contribution < 1.29 is 5.11 Å². The van der Waals surface area contributed by atoms with E-state index in [1.165, 1.54) is 11.3 Å². The van der Waals surface area contributed by atoms with Crippen LogP contribution in [0, 0.1) is 13.8 Å². The van der Waals surface area contributed by atoms with Crippen LogP contribution in [-0.2, 0) is 6.42 Å². The molecule has 0 aliphatic carbocycles. The van der Waals surface area contributed by atoms with E-state index in [2.05, 4.69) is 22.0 Å². The molecule has 1 unspecified atom stereocenters. The van der Waals surface area contributed by atoms with E-state index in [1.54, 1.807) is 0 Å². The third kappa shape index (κ3) is 1.92. The number of aromatic nitrogens is 2. The highest BCUT2D eigenvalue weighted by molar-refractivity contribution is 5.25. The summed E-state index contributed by atoms with van der Waals surface area (Å²) in [6, 6.07) is 0.496. The van der Waals surface area contributed by atoms with E-state index < -0.39 is 0 Å². The quantitative estimate of drug-likeness (QED) is 0.765. The van der Waals surface area contributed by atoms with E-state index in [-0.39, 0.29) is 6.61 Å². The van der Waals surface area contributed by atoms with Crippen molar-refractivity contribution in [1.82, 2.24) is 15.1 Å². The fourth-order valence-corrected chi connectivity index (χ4v) is 2.37. The van der Waals surface area contributed by atoms with E-state index >= 15 is 0 Å². The van der Waals surface area contributed by atoms with Gasteiger partial charge < -0.3 is 10.4 Å². The first-order valence-corrected chi connectivity index (χ1v) is 5.60. The van der Waals surface area contributed by atoms with Crippen LogP contribution in [0.4, 0.5) is 0 Å². The van der Waals surface area contributed by atoms with Gasteiger partial charge in [-0.05, 0) is 38.8 Å². The molecule has 0 spiro atoms. The fourth-order valence-electron chi connectivity index (χ4n) is 2.37. The summed E-state index contributed by atoms with van der Waals surface area (Å²) in [5, 5.41) is 16.9. The van der Waals surface area contributed by atoms with Crippen LogP contribution in [0.5, 0.6) is 0 Å². The molecule has 1 atom stereocenters. The van der Waals surface area contributed by atoms with Gasteiger partial charge in [0.1, 0.15) is 0 Å². The predicted molar refractivity (Wildman–Crippen MR) is 59.0 cm³/mol. The summed E-state index contributed by atoms with van der Waals surface area (Å²) in [6.07, 6.45) is 1.87. The van der Waals surface area contributed by atoms with E-state index in [9.17, 15) is 0 Å². The van der Waals surface area contributed by atoms with Crippen molar-refractivity contribution in [3.05, 3.63) is 17.0 Å². The molecule has 2 heterocycles. The first-order valence-electron chi connectivity index (χ1n) is 5.60. The molecule has 4 heteroatoms. The van der Waals surface area contributed by atoms with E-state index in [0.29, 0.717) is 6.04 Å². The molecule has 2 N–H and O–H groups in total. The molecule has 0 radical (unpaired) electrons. The van der Waals surface area contributed by atoms with Crippen molar-refractivity contribution in [3.63, 3.8) is 0 Å². The number of rotatable bonds is 3. The van der Waals surface area contributed by atoms with Crippen LogP contribution in [0.25, 0.3) is 0 Å². The molecule has 0 saturated carbocycles. The summed E-state index contributed by atoms with van der Waals surface area (Å²) in [6.45, 7) is 6.43. The van der Waals surface area contributed by atoms with Gasteiger partial charge in [-0.1, -0.05) is 0 Å². The Morgan fingerprint density at radius 3 is 2.93 bits per heavy atom. The minimum atomic E-state index is 0.205. The highest BCUT2D eigenvalue weighted by Crippen LogP contribution is 2.21. The second kappa shape index (κ2) is 4.33. The Balaban J connectivity index is 2.27. The van der Waals surface area contributed by atoms with Gasteiger partial charge in [0, 0.05) is 18.8 Å². The van der Waals surface area contributed by atoms with Crippen molar-refractivity contribution >= 4 is 0 Å². The van der Waals surface area contributed by atoms with Gasteiger partial charge in [-0.3, -0.25) is 4.68 Å². The Morgan fingerprint density at radius 2 is 2.33 bits per heavy atom. The minimum Gasteiger partial charge on any atom is -0.396 e. The van der Waals surface area contributed by atoms with Gasteiger partial charge in [0.2, 0.25) is 0 Å². The Bertz CT molecular complexity index is 340. The van der Waals surface area contributed by atoms with Crippen LogP contribution < -0.4 is 5.32 Å². The van der Waals surface area contributed by atoms with Crippen molar-refractivity contribution in [2.45, 2.75) is 32.7 Å². The highest BCUT2D eigenvalue weighted by Gasteiger charge is 2.21. The molecule has 1 fully saturated rings. The van der Waals surface area contributed by atoms with E-state index in [4.69, 9.17) is 5.11 Å². The van der Waals surface area contributed by atoms with Crippen LogP contribution in [-0.4, -0.2) is 34.6 Å². The molecule has 0 bridgehead atoms. The van der Waals surface area contributed by atoms with Crippen LogP contribution >= 0.6 is 0 Å². The Kier molecular flexibility index (Phi) is 3.07. The topological polar surface area (TPSA) is 50.1 Å². The summed E-state index contributed by atoms with van der Waals surface area (Å²) >= 11 is 0. The smallest absolute Gasteiger partial charge is 0.0658 e. The van der Waals surface area contributed by atoms with Crippen LogP contribution in [0.15, 0.2) is 0 Å². The maximum absolute atomic E-state index is 8.99. The molecule has 2 rings (SSSR count). The summed E-state index contributed by atoms with van der Waals surface area (Å²) in [4.78, 5) is 0. The largest absolute Gasteiger partial charge is 0.396 e. The van der Waals surface area contributed by atoms with Gasteiger partial charge in [-0.15, -0.1) is 0 Å². The van der Waals surface area contributed by atoms with Crippen LogP contribution in [0.3, 0.4) is 0 Å². The normalized spacial score (nSPS) is 21.1. The number of nitrogens with zero attached hydrogens (tertiary/aromatic N) is 2. The first-order chi connectivity index (χ1) is 7.24. The average Bonchev–Trinajstić information content (AvgIpc) is 2.81. The van der Waals surface area contributed by atoms with Gasteiger partial charge in [0.05, 0.1) is 11.7 Å². The number of aliphatic hydroxyl groups excluding tert-OH is 1. The number of aryl methyl sites for hydroxylation is 1. The lowest BCUT2D eigenvalue weighted by atomic mass is 10.1. The summed E-state index contributed by atoms with van der Waals surface area (Å²) in [7, 11) is 0. The maximum atomic E-state index is 8.99. The molecule has 0 amide bonds. The lowest BCUT2D eigenvalue weighted by Gasteiger charge is -2.11. The number of hydrogen-bond donors (Lipinski definition) is 2. The minimum absolute atomic E-state index is 0.205. The first kappa shape index (κ1) is 10.6. The standard InChI is InChI=1S/C11H19N3O/c1-8-11(4-6-15)9(2)14(13-8)10-3-5-12-7-10/h10,12,15H,3-7H2,1-2H3. The fraction of sp³-hybridized carbons (Fsp3) is 0.727. The summed E-state index contributed by atoms with van der Waals surface area (Å²) in [5.74, 6) is 0. The lowest BCUT2D eigenvalue weighted by molar-refractivity contribution is 0.299. The lowest BCUT2D eigenvalue weighted by Crippen LogP contribution is -2.15. The van der Waals surface area contributed by atoms with Gasteiger partial charge in [0.25, 0.3) is 0 Å². The average molecular weight is 209 g/mol. The molecule has 15 heavy (non-hydrogen) atoms. The van der Waals surface area contributed by atoms with Gasteiger partial charge in [-0.25, -0.2) is 0 Å². The van der Waals surface area contributed by atoms with Gasteiger partial charge in [0.15, 0.2) is 0 Å². The summed E-state index contributed by atoms with van der Waals surface area (Å²) < 4.78 is 2.13. The van der Waals surface area contributed by atoms with Gasteiger partial charge >= 0.3 is 0 Å². The van der Waals surface area contributed by atoms with E-state index in [1.807, 2.05) is 6.92 Å². The second-order valence-electron chi connectivity index (χ2n) is 4.21. The molecule has 1 aromatic rings. The zero-order valence-electron chi connectivity index (χ0n) is 9.45. The van der Waals surface area contributed by atoms with Crippen LogP contribution in [0.2, 0.25) is 0 Å². The van der Waals surface area contributed by atoms with Crippen molar-refractivity contribution in [2.24, 2.45) is 0 Å². The Labute approximate surface area is 90.3 Å². The third-order valence-corrected chi connectivity index (χ3v) is 3.22. The second-order valence-corrected chi connectivity index (χ2v) is 4.21. The molecular formula is C11H19N3O. The van der Waals surface area contributed by atoms with Crippen molar-refractivity contribution in [3.8, 4) is 0 Å². The zero-order chi connectivity index (χ0) is 10.8. The molecule has 84 valence electrons. The van der Waals surface area contributed by atoms with Gasteiger partial charge in [-0.2, -0.15) is 5.10 Å². The summed E-state index contributed by atoms with van der Waals surface area (Å²) in [5.41, 5.74) is 3.49. The molecular weight excluding hydrogens is 190 g/mol. The molecule has 1 aliphatic heterocycles. The predicted octanol–water partition coefficient (Wildman–Crippen LogP) is 0.569. The van der Waals surface area contributed by atoms with Crippen molar-refractivity contribution in [1.29, 1.82) is 0 Å².